The largest absolute Gasteiger partial charge is 0.507 e. The number of methoxy groups -OCH3 is 1. The molecule has 2 N–H and O–H groups in total. The van der Waals surface area contributed by atoms with Gasteiger partial charge in [-0.05, 0) is 33.0 Å². The monoisotopic (exact) mass is 195 g/mol. The van der Waals surface area contributed by atoms with E-state index in [0.29, 0.717) is 5.75 Å². The Morgan fingerprint density at radius 2 is 2.00 bits per heavy atom. The van der Waals surface area contributed by atoms with E-state index in [1.165, 1.54) is 0 Å². The average molecular weight is 195 g/mol. The van der Waals surface area contributed by atoms with Crippen LogP contribution in [-0.4, -0.2) is 19.3 Å². The normalized spacial score (nSPS) is 11.4. The van der Waals surface area contributed by atoms with Crippen molar-refractivity contribution in [2.24, 2.45) is 0 Å². The number of hydrogen-bond donors (Lipinski definition) is 2. The predicted molar refractivity (Wildman–Crippen MR) is 56.7 cm³/mol. The summed E-state index contributed by atoms with van der Waals surface area (Å²) in [7, 11) is 3.45. The Bertz CT molecular complexity index is 321. The lowest BCUT2D eigenvalue weighted by atomic mass is 9.93. The molecule has 0 saturated heterocycles. The lowest BCUT2D eigenvalue weighted by Crippen LogP contribution is -2.33. The van der Waals surface area contributed by atoms with E-state index < -0.39 is 0 Å². The van der Waals surface area contributed by atoms with Crippen LogP contribution in [0.25, 0.3) is 0 Å². The Kier molecular flexibility index (Phi) is 3.01. The number of benzene rings is 1. The first-order chi connectivity index (χ1) is 6.51. The number of phenols is 1. The third-order valence-corrected chi connectivity index (χ3v) is 2.50. The van der Waals surface area contributed by atoms with E-state index in [1.54, 1.807) is 13.2 Å². The number of rotatable bonds is 3. The maximum Gasteiger partial charge on any atom is 0.124 e. The molecular formula is C11H17NO2. The van der Waals surface area contributed by atoms with Crippen LogP contribution in [0.1, 0.15) is 19.4 Å². The summed E-state index contributed by atoms with van der Waals surface area (Å²) in [6.07, 6.45) is 0. The summed E-state index contributed by atoms with van der Waals surface area (Å²) in [6.45, 7) is 4.02. The number of phenolic OH excluding ortho intramolecular Hbond substituents is 1. The highest BCUT2D eigenvalue weighted by Crippen LogP contribution is 2.31. The molecule has 0 unspecified atom stereocenters. The summed E-state index contributed by atoms with van der Waals surface area (Å²) in [5.74, 6) is 0.918. The minimum Gasteiger partial charge on any atom is -0.507 e. The van der Waals surface area contributed by atoms with Crippen LogP contribution in [0.2, 0.25) is 0 Å². The minimum absolute atomic E-state index is 0.240. The fourth-order valence-corrected chi connectivity index (χ4v) is 1.30. The van der Waals surface area contributed by atoms with Gasteiger partial charge < -0.3 is 15.2 Å². The third kappa shape index (κ3) is 1.99. The quantitative estimate of drug-likeness (QED) is 0.773. The van der Waals surface area contributed by atoms with Crippen molar-refractivity contribution < 1.29 is 9.84 Å². The first-order valence-corrected chi connectivity index (χ1v) is 4.57. The van der Waals surface area contributed by atoms with E-state index in [2.05, 4.69) is 5.32 Å². The highest BCUT2D eigenvalue weighted by atomic mass is 16.5. The van der Waals surface area contributed by atoms with E-state index in [-0.39, 0.29) is 11.3 Å². The van der Waals surface area contributed by atoms with E-state index in [9.17, 15) is 5.11 Å². The molecule has 0 radical (unpaired) electrons. The van der Waals surface area contributed by atoms with Gasteiger partial charge in [0, 0.05) is 17.2 Å². The maximum absolute atomic E-state index is 9.77. The van der Waals surface area contributed by atoms with Crippen molar-refractivity contribution in [2.45, 2.75) is 19.4 Å². The van der Waals surface area contributed by atoms with Crippen LogP contribution in [0.3, 0.4) is 0 Å². The van der Waals surface area contributed by atoms with Gasteiger partial charge in [-0.15, -0.1) is 0 Å². The maximum atomic E-state index is 9.77. The molecular weight excluding hydrogens is 178 g/mol. The van der Waals surface area contributed by atoms with Gasteiger partial charge in [0.15, 0.2) is 0 Å². The highest BCUT2D eigenvalue weighted by molar-refractivity contribution is 5.43. The average Bonchev–Trinajstić information content (AvgIpc) is 2.17. The third-order valence-electron chi connectivity index (χ3n) is 2.50. The summed E-state index contributed by atoms with van der Waals surface area (Å²) in [6, 6.07) is 5.33. The van der Waals surface area contributed by atoms with E-state index in [0.717, 1.165) is 5.56 Å². The Morgan fingerprint density at radius 1 is 1.36 bits per heavy atom. The zero-order chi connectivity index (χ0) is 10.8. The Hall–Kier alpha value is -1.22. The molecule has 0 aliphatic carbocycles. The van der Waals surface area contributed by atoms with Gasteiger partial charge in [-0.3, -0.25) is 0 Å². The second kappa shape index (κ2) is 3.88. The van der Waals surface area contributed by atoms with Crippen molar-refractivity contribution in [3.05, 3.63) is 23.8 Å². The summed E-state index contributed by atoms with van der Waals surface area (Å²) >= 11 is 0. The molecule has 14 heavy (non-hydrogen) atoms. The molecule has 0 bridgehead atoms. The summed E-state index contributed by atoms with van der Waals surface area (Å²) in [5, 5.41) is 12.9. The molecule has 0 aliphatic heterocycles. The van der Waals surface area contributed by atoms with Crippen molar-refractivity contribution in [1.82, 2.24) is 5.32 Å². The van der Waals surface area contributed by atoms with E-state index >= 15 is 0 Å². The molecule has 0 heterocycles. The van der Waals surface area contributed by atoms with Gasteiger partial charge >= 0.3 is 0 Å². The Balaban J connectivity index is 3.12. The minimum atomic E-state index is -0.240. The van der Waals surface area contributed by atoms with Crippen LogP contribution < -0.4 is 10.1 Å². The van der Waals surface area contributed by atoms with Gasteiger partial charge in [-0.25, -0.2) is 0 Å². The number of ether oxygens (including phenoxy) is 1. The molecule has 78 valence electrons. The lowest BCUT2D eigenvalue weighted by Gasteiger charge is -2.25. The molecule has 0 spiro atoms. The zero-order valence-electron chi connectivity index (χ0n) is 9.09. The number of hydrogen-bond acceptors (Lipinski definition) is 3. The molecule has 1 aromatic rings. The number of aromatic hydroxyl groups is 1. The van der Waals surface area contributed by atoms with E-state index in [1.807, 2.05) is 33.0 Å². The predicted octanol–water partition coefficient (Wildman–Crippen LogP) is 1.86. The van der Waals surface area contributed by atoms with Crippen molar-refractivity contribution in [2.75, 3.05) is 14.2 Å². The molecule has 0 aliphatic rings. The zero-order valence-corrected chi connectivity index (χ0v) is 9.09. The van der Waals surface area contributed by atoms with Gasteiger partial charge in [0.1, 0.15) is 11.5 Å². The summed E-state index contributed by atoms with van der Waals surface area (Å²) < 4.78 is 5.02. The molecule has 0 fully saturated rings. The number of nitrogens with one attached hydrogen (secondary N) is 1. The molecule has 0 amide bonds. The molecule has 1 rings (SSSR count). The van der Waals surface area contributed by atoms with Gasteiger partial charge in [0.2, 0.25) is 0 Å². The standard InChI is InChI=1S/C11H17NO2/c1-11(2,12-3)9-6-5-8(14-4)7-10(9)13/h5-7,12-13H,1-4H3. The van der Waals surface area contributed by atoms with Crippen LogP contribution >= 0.6 is 0 Å². The molecule has 3 heteroatoms. The van der Waals surface area contributed by atoms with Gasteiger partial charge in [-0.2, -0.15) is 0 Å². The van der Waals surface area contributed by atoms with Gasteiger partial charge in [-0.1, -0.05) is 0 Å². The molecule has 0 aromatic heterocycles. The van der Waals surface area contributed by atoms with Gasteiger partial charge in [0.25, 0.3) is 0 Å². The Morgan fingerprint density at radius 3 is 2.43 bits per heavy atom. The van der Waals surface area contributed by atoms with Crippen LogP contribution in [-0.2, 0) is 5.54 Å². The SMILES string of the molecule is CNC(C)(C)c1ccc(OC)cc1O. The second-order valence-electron chi connectivity index (χ2n) is 3.76. The Labute approximate surface area is 84.7 Å². The molecule has 0 saturated carbocycles. The van der Waals surface area contributed by atoms with Crippen LogP contribution in [0.5, 0.6) is 11.5 Å². The topological polar surface area (TPSA) is 41.5 Å². The van der Waals surface area contributed by atoms with E-state index in [4.69, 9.17) is 4.74 Å². The summed E-state index contributed by atoms with van der Waals surface area (Å²) in [4.78, 5) is 0. The lowest BCUT2D eigenvalue weighted by molar-refractivity contribution is 0.387. The van der Waals surface area contributed by atoms with Crippen LogP contribution in [0.15, 0.2) is 18.2 Å². The highest BCUT2D eigenvalue weighted by Gasteiger charge is 2.21. The van der Waals surface area contributed by atoms with Crippen molar-refractivity contribution >= 4 is 0 Å². The van der Waals surface area contributed by atoms with Crippen LogP contribution in [0, 0.1) is 0 Å². The second-order valence-corrected chi connectivity index (χ2v) is 3.76. The van der Waals surface area contributed by atoms with Crippen molar-refractivity contribution in [3.63, 3.8) is 0 Å². The fourth-order valence-electron chi connectivity index (χ4n) is 1.30. The smallest absolute Gasteiger partial charge is 0.124 e. The fraction of sp³-hybridized carbons (Fsp3) is 0.455. The van der Waals surface area contributed by atoms with Crippen molar-refractivity contribution in [1.29, 1.82) is 0 Å². The molecule has 3 nitrogen and oxygen atoms in total. The summed E-state index contributed by atoms with van der Waals surface area (Å²) in [5.41, 5.74) is 0.622. The first kappa shape index (κ1) is 10.9. The van der Waals surface area contributed by atoms with Gasteiger partial charge in [0.05, 0.1) is 7.11 Å². The first-order valence-electron chi connectivity index (χ1n) is 4.57. The molecule has 0 atom stereocenters. The molecule has 1 aromatic carbocycles. The van der Waals surface area contributed by atoms with Crippen LogP contribution in [0.4, 0.5) is 0 Å². The van der Waals surface area contributed by atoms with Crippen molar-refractivity contribution in [3.8, 4) is 11.5 Å².